The van der Waals surface area contributed by atoms with Crippen LogP contribution in [0.25, 0.3) is 11.3 Å². The first kappa shape index (κ1) is 15.3. The molecule has 0 aliphatic carbocycles. The van der Waals surface area contributed by atoms with Crippen LogP contribution in [0.15, 0.2) is 30.3 Å². The van der Waals surface area contributed by atoms with Gasteiger partial charge in [-0.3, -0.25) is 4.57 Å². The molecule has 0 saturated heterocycles. The highest BCUT2D eigenvalue weighted by atomic mass is 16.5. The summed E-state index contributed by atoms with van der Waals surface area (Å²) in [5.74, 6) is 0.349. The molecule has 5 heteroatoms. The highest BCUT2D eigenvalue weighted by molar-refractivity contribution is 5.94. The Balaban J connectivity index is 2.51. The van der Waals surface area contributed by atoms with E-state index < -0.39 is 0 Å². The van der Waals surface area contributed by atoms with Crippen molar-refractivity contribution in [3.63, 3.8) is 0 Å². The van der Waals surface area contributed by atoms with Crippen LogP contribution in [0.5, 0.6) is 0 Å². The summed E-state index contributed by atoms with van der Waals surface area (Å²) in [5.41, 5.74) is 1.96. The fraction of sp³-hybridized carbons (Fsp3) is 0.375. The lowest BCUT2D eigenvalue weighted by atomic mass is 10.1. The van der Waals surface area contributed by atoms with Gasteiger partial charge in [0.1, 0.15) is 18.2 Å². The molecule has 0 atom stereocenters. The molecule has 0 radical (unpaired) electrons. The third-order valence-electron chi connectivity index (χ3n) is 3.10. The van der Waals surface area contributed by atoms with Crippen LogP contribution >= 0.6 is 0 Å². The molecule has 21 heavy (non-hydrogen) atoms. The van der Waals surface area contributed by atoms with Crippen molar-refractivity contribution in [2.45, 2.75) is 27.5 Å². The van der Waals surface area contributed by atoms with Crippen LogP contribution in [-0.4, -0.2) is 28.7 Å². The number of esters is 1. The number of hydrogen-bond acceptors (Lipinski definition) is 4. The van der Waals surface area contributed by atoms with Gasteiger partial charge in [-0.05, 0) is 20.8 Å². The van der Waals surface area contributed by atoms with Gasteiger partial charge in [-0.1, -0.05) is 30.3 Å². The summed E-state index contributed by atoms with van der Waals surface area (Å²) in [4.78, 5) is 16.8. The second kappa shape index (κ2) is 7.04. The predicted octanol–water partition coefficient (Wildman–Crippen LogP) is 3.03. The molecule has 0 aliphatic rings. The summed E-state index contributed by atoms with van der Waals surface area (Å²) in [6, 6.07) is 9.62. The average molecular weight is 288 g/mol. The Bertz CT molecular complexity index is 605. The maximum absolute atomic E-state index is 12.3. The molecule has 0 N–H and O–H groups in total. The zero-order chi connectivity index (χ0) is 15.2. The Labute approximate surface area is 124 Å². The molecule has 0 fully saturated rings. The molecular weight excluding hydrogens is 268 g/mol. The van der Waals surface area contributed by atoms with Gasteiger partial charge in [0.15, 0.2) is 5.69 Å². The number of carbonyl (C=O) groups excluding carboxylic acids is 1. The molecule has 5 nitrogen and oxygen atoms in total. The van der Waals surface area contributed by atoms with Crippen LogP contribution in [0.2, 0.25) is 0 Å². The zero-order valence-corrected chi connectivity index (χ0v) is 12.6. The summed E-state index contributed by atoms with van der Waals surface area (Å²) in [6.07, 6.45) is 0. The maximum Gasteiger partial charge on any atom is 0.357 e. The highest BCUT2D eigenvalue weighted by Crippen LogP contribution is 2.25. The molecule has 2 aromatic rings. The molecule has 0 bridgehead atoms. The van der Waals surface area contributed by atoms with E-state index in [0.717, 1.165) is 11.4 Å². The van der Waals surface area contributed by atoms with Crippen molar-refractivity contribution in [3.8, 4) is 11.3 Å². The Morgan fingerprint density at radius 1 is 1.19 bits per heavy atom. The van der Waals surface area contributed by atoms with Gasteiger partial charge in [-0.2, -0.15) is 0 Å². The first-order valence-electron chi connectivity index (χ1n) is 7.06. The van der Waals surface area contributed by atoms with Gasteiger partial charge in [0.2, 0.25) is 0 Å². The number of ether oxygens (including phenoxy) is 2. The summed E-state index contributed by atoms with van der Waals surface area (Å²) < 4.78 is 12.4. The summed E-state index contributed by atoms with van der Waals surface area (Å²) in [7, 11) is 0. The molecule has 112 valence electrons. The molecular formula is C16H20N2O3. The van der Waals surface area contributed by atoms with Gasteiger partial charge in [-0.25, -0.2) is 9.78 Å². The number of aromatic nitrogens is 2. The van der Waals surface area contributed by atoms with Gasteiger partial charge in [0.05, 0.1) is 6.61 Å². The Hall–Kier alpha value is -2.14. The number of imidazole rings is 1. The minimum atomic E-state index is -0.378. The summed E-state index contributed by atoms with van der Waals surface area (Å²) in [6.45, 7) is 6.74. The van der Waals surface area contributed by atoms with Crippen LogP contribution in [-0.2, 0) is 16.2 Å². The molecule has 1 aromatic heterocycles. The third-order valence-corrected chi connectivity index (χ3v) is 3.10. The fourth-order valence-electron chi connectivity index (χ4n) is 2.11. The van der Waals surface area contributed by atoms with E-state index in [0.29, 0.717) is 24.6 Å². The van der Waals surface area contributed by atoms with Gasteiger partial charge >= 0.3 is 5.97 Å². The van der Waals surface area contributed by atoms with E-state index in [1.54, 1.807) is 11.5 Å². The topological polar surface area (TPSA) is 53.4 Å². The van der Waals surface area contributed by atoms with E-state index >= 15 is 0 Å². The SMILES string of the molecule is CCOCn1c(C)nc(-c2ccccc2)c1C(=O)OCC. The second-order valence-electron chi connectivity index (χ2n) is 4.49. The van der Waals surface area contributed by atoms with E-state index in [-0.39, 0.29) is 12.7 Å². The smallest absolute Gasteiger partial charge is 0.357 e. The highest BCUT2D eigenvalue weighted by Gasteiger charge is 2.23. The molecule has 0 spiro atoms. The van der Waals surface area contributed by atoms with Crippen LogP contribution < -0.4 is 0 Å². The normalized spacial score (nSPS) is 10.6. The minimum Gasteiger partial charge on any atom is -0.461 e. The second-order valence-corrected chi connectivity index (χ2v) is 4.49. The summed E-state index contributed by atoms with van der Waals surface area (Å²) in [5, 5.41) is 0. The standard InChI is InChI=1S/C16H20N2O3/c1-4-20-11-18-12(3)17-14(13-9-7-6-8-10-13)15(18)16(19)21-5-2/h6-10H,4-5,11H2,1-3H3. The number of hydrogen-bond donors (Lipinski definition) is 0. The number of nitrogens with zero attached hydrogens (tertiary/aromatic N) is 2. The van der Waals surface area contributed by atoms with Crippen LogP contribution in [0.4, 0.5) is 0 Å². The van der Waals surface area contributed by atoms with Crippen LogP contribution in [0, 0.1) is 6.92 Å². The maximum atomic E-state index is 12.3. The third kappa shape index (κ3) is 3.31. The monoisotopic (exact) mass is 288 g/mol. The van der Waals surface area contributed by atoms with Crippen molar-refractivity contribution in [2.75, 3.05) is 13.2 Å². The molecule has 0 amide bonds. The number of benzene rings is 1. The number of aryl methyl sites for hydroxylation is 1. The molecule has 1 aromatic carbocycles. The Morgan fingerprint density at radius 2 is 1.90 bits per heavy atom. The molecule has 0 saturated carbocycles. The van der Waals surface area contributed by atoms with Crippen molar-refractivity contribution in [2.24, 2.45) is 0 Å². The lowest BCUT2D eigenvalue weighted by Gasteiger charge is -2.10. The van der Waals surface area contributed by atoms with Crippen molar-refractivity contribution in [1.82, 2.24) is 9.55 Å². The van der Waals surface area contributed by atoms with E-state index in [1.165, 1.54) is 0 Å². The number of carbonyl (C=O) groups is 1. The quantitative estimate of drug-likeness (QED) is 0.767. The van der Waals surface area contributed by atoms with Gasteiger partial charge in [0, 0.05) is 12.2 Å². The molecule has 0 unspecified atom stereocenters. The largest absolute Gasteiger partial charge is 0.461 e. The molecule has 1 heterocycles. The lowest BCUT2D eigenvalue weighted by molar-refractivity contribution is 0.0472. The van der Waals surface area contributed by atoms with E-state index in [1.807, 2.05) is 44.2 Å². The first-order valence-corrected chi connectivity index (χ1v) is 7.06. The van der Waals surface area contributed by atoms with Gasteiger partial charge in [-0.15, -0.1) is 0 Å². The molecule has 2 rings (SSSR count). The van der Waals surface area contributed by atoms with Gasteiger partial charge in [0.25, 0.3) is 0 Å². The first-order chi connectivity index (χ1) is 10.2. The Kier molecular flexibility index (Phi) is 5.11. The van der Waals surface area contributed by atoms with E-state index in [9.17, 15) is 4.79 Å². The van der Waals surface area contributed by atoms with Crippen molar-refractivity contribution in [1.29, 1.82) is 0 Å². The van der Waals surface area contributed by atoms with Gasteiger partial charge < -0.3 is 9.47 Å². The van der Waals surface area contributed by atoms with Crippen LogP contribution in [0.3, 0.4) is 0 Å². The lowest BCUT2D eigenvalue weighted by Crippen LogP contribution is -2.15. The fourth-order valence-corrected chi connectivity index (χ4v) is 2.11. The number of rotatable bonds is 6. The van der Waals surface area contributed by atoms with E-state index in [4.69, 9.17) is 9.47 Å². The van der Waals surface area contributed by atoms with Crippen molar-refractivity contribution < 1.29 is 14.3 Å². The Morgan fingerprint density at radius 3 is 2.52 bits per heavy atom. The minimum absolute atomic E-state index is 0.288. The van der Waals surface area contributed by atoms with Crippen molar-refractivity contribution in [3.05, 3.63) is 41.9 Å². The van der Waals surface area contributed by atoms with Crippen molar-refractivity contribution >= 4 is 5.97 Å². The van der Waals surface area contributed by atoms with Crippen LogP contribution in [0.1, 0.15) is 30.2 Å². The summed E-state index contributed by atoms with van der Waals surface area (Å²) >= 11 is 0. The predicted molar refractivity (Wildman–Crippen MR) is 80.0 cm³/mol. The van der Waals surface area contributed by atoms with E-state index in [2.05, 4.69) is 4.98 Å². The average Bonchev–Trinajstić information content (AvgIpc) is 2.83. The zero-order valence-electron chi connectivity index (χ0n) is 12.6. The molecule has 0 aliphatic heterocycles.